The van der Waals surface area contributed by atoms with Gasteiger partial charge in [-0.1, -0.05) is 38.7 Å². The third-order valence-corrected chi connectivity index (χ3v) is 5.07. The van der Waals surface area contributed by atoms with Gasteiger partial charge in [0.25, 0.3) is 0 Å². The molecule has 1 atom stereocenters. The van der Waals surface area contributed by atoms with Gasteiger partial charge in [-0.05, 0) is 55.3 Å². The lowest BCUT2D eigenvalue weighted by molar-refractivity contribution is 0.187. The van der Waals surface area contributed by atoms with Crippen LogP contribution in [0.3, 0.4) is 0 Å². The van der Waals surface area contributed by atoms with Crippen LogP contribution in [0.15, 0.2) is 11.5 Å². The van der Waals surface area contributed by atoms with Gasteiger partial charge in [0.15, 0.2) is 0 Å². The Morgan fingerprint density at radius 2 is 1.83 bits per heavy atom. The summed E-state index contributed by atoms with van der Waals surface area (Å²) in [6, 6.07) is 0. The van der Waals surface area contributed by atoms with Crippen molar-refractivity contribution in [2.45, 2.75) is 64.7 Å². The van der Waals surface area contributed by atoms with Crippen LogP contribution in [-0.2, 0) is 0 Å². The zero-order valence-electron chi connectivity index (χ0n) is 11.6. The minimum atomic E-state index is -1.22. The molecule has 0 radical (unpaired) electrons. The van der Waals surface area contributed by atoms with Crippen LogP contribution in [0.1, 0.15) is 64.7 Å². The molecule has 0 aromatic carbocycles. The Bertz CT molecular complexity index is 280. The number of hydrogen-bond donors (Lipinski definition) is 2. The first-order valence-electron chi connectivity index (χ1n) is 7.75. The van der Waals surface area contributed by atoms with Gasteiger partial charge in [-0.2, -0.15) is 0 Å². The number of allylic oxidation sites excluding steroid dienone is 2. The molecule has 2 rings (SSSR count). The molecule has 1 fully saturated rings. The highest BCUT2D eigenvalue weighted by Gasteiger charge is 2.29. The second-order valence-corrected chi connectivity index (χ2v) is 6.26. The fraction of sp³-hybridized carbons (Fsp3) is 0.867. The Morgan fingerprint density at radius 3 is 2.33 bits per heavy atom. The molecule has 2 nitrogen and oxygen atoms in total. The first-order chi connectivity index (χ1) is 8.70. The molecular formula is C15H27BO2. The van der Waals surface area contributed by atoms with Gasteiger partial charge in [-0.25, -0.2) is 0 Å². The normalized spacial score (nSPS) is 33.1. The van der Waals surface area contributed by atoms with Crippen molar-refractivity contribution in [1.29, 1.82) is 0 Å². The summed E-state index contributed by atoms with van der Waals surface area (Å²) in [6.45, 7) is 2.29. The van der Waals surface area contributed by atoms with Crippen molar-refractivity contribution in [3.05, 3.63) is 11.5 Å². The van der Waals surface area contributed by atoms with E-state index >= 15 is 0 Å². The maximum absolute atomic E-state index is 9.15. The van der Waals surface area contributed by atoms with Gasteiger partial charge in [-0.3, -0.25) is 0 Å². The summed E-state index contributed by atoms with van der Waals surface area (Å²) in [4.78, 5) is 0. The van der Waals surface area contributed by atoms with Gasteiger partial charge in [0, 0.05) is 0 Å². The minimum absolute atomic E-state index is 0.801. The van der Waals surface area contributed by atoms with Crippen molar-refractivity contribution in [3.63, 3.8) is 0 Å². The topological polar surface area (TPSA) is 40.5 Å². The highest BCUT2D eigenvalue weighted by atomic mass is 16.4. The fourth-order valence-corrected chi connectivity index (χ4v) is 3.89. The van der Waals surface area contributed by atoms with E-state index in [1.54, 1.807) is 0 Å². The van der Waals surface area contributed by atoms with Crippen molar-refractivity contribution in [3.8, 4) is 0 Å². The van der Waals surface area contributed by atoms with Gasteiger partial charge < -0.3 is 10.0 Å². The molecule has 0 unspecified atom stereocenters. The Kier molecular flexibility index (Phi) is 5.31. The van der Waals surface area contributed by atoms with Crippen LogP contribution < -0.4 is 0 Å². The quantitative estimate of drug-likeness (QED) is 0.751. The molecule has 0 amide bonds. The predicted molar refractivity (Wildman–Crippen MR) is 76.0 cm³/mol. The van der Waals surface area contributed by atoms with E-state index < -0.39 is 7.12 Å². The highest BCUT2D eigenvalue weighted by Crippen LogP contribution is 2.40. The largest absolute Gasteiger partial charge is 0.483 e. The molecule has 0 bridgehead atoms. The van der Waals surface area contributed by atoms with E-state index in [2.05, 4.69) is 13.0 Å². The third kappa shape index (κ3) is 3.61. The van der Waals surface area contributed by atoms with E-state index in [0.29, 0.717) is 0 Å². The van der Waals surface area contributed by atoms with Gasteiger partial charge in [0.05, 0.1) is 0 Å². The Balaban J connectivity index is 1.78. The van der Waals surface area contributed by atoms with Gasteiger partial charge >= 0.3 is 7.12 Å². The lowest BCUT2D eigenvalue weighted by Gasteiger charge is -2.35. The summed E-state index contributed by atoms with van der Waals surface area (Å²) in [7, 11) is -1.22. The molecule has 0 aliphatic heterocycles. The van der Waals surface area contributed by atoms with E-state index in [9.17, 15) is 0 Å². The van der Waals surface area contributed by atoms with Crippen molar-refractivity contribution in [2.24, 2.45) is 17.8 Å². The summed E-state index contributed by atoms with van der Waals surface area (Å²) in [6.07, 6.45) is 13.6. The zero-order chi connectivity index (χ0) is 13.0. The van der Waals surface area contributed by atoms with E-state index in [-0.39, 0.29) is 0 Å². The van der Waals surface area contributed by atoms with Crippen molar-refractivity contribution < 1.29 is 10.0 Å². The molecule has 18 heavy (non-hydrogen) atoms. The Morgan fingerprint density at radius 1 is 1.11 bits per heavy atom. The molecule has 102 valence electrons. The van der Waals surface area contributed by atoms with Crippen LogP contribution in [-0.4, -0.2) is 17.2 Å². The summed E-state index contributed by atoms with van der Waals surface area (Å²) < 4.78 is 0. The van der Waals surface area contributed by atoms with Crippen molar-refractivity contribution >= 4 is 7.12 Å². The maximum atomic E-state index is 9.15. The lowest BCUT2D eigenvalue weighted by atomic mass is 9.66. The monoisotopic (exact) mass is 250 g/mol. The van der Waals surface area contributed by atoms with Crippen LogP contribution in [0.4, 0.5) is 0 Å². The number of hydrogen-bond acceptors (Lipinski definition) is 2. The van der Waals surface area contributed by atoms with E-state index in [0.717, 1.165) is 42.5 Å². The van der Waals surface area contributed by atoms with E-state index in [1.165, 1.54) is 38.5 Å². The molecule has 0 aromatic rings. The molecule has 2 aliphatic carbocycles. The molecule has 2 N–H and O–H groups in total. The van der Waals surface area contributed by atoms with Crippen LogP contribution in [0.5, 0.6) is 0 Å². The second-order valence-electron chi connectivity index (χ2n) is 6.26. The lowest BCUT2D eigenvalue weighted by Crippen LogP contribution is -2.26. The summed E-state index contributed by atoms with van der Waals surface area (Å²) >= 11 is 0. The van der Waals surface area contributed by atoms with Crippen molar-refractivity contribution in [1.82, 2.24) is 0 Å². The average molecular weight is 250 g/mol. The second kappa shape index (κ2) is 6.77. The molecule has 0 aromatic heterocycles. The van der Waals surface area contributed by atoms with Crippen LogP contribution in [0, 0.1) is 17.8 Å². The molecule has 2 aliphatic rings. The highest BCUT2D eigenvalue weighted by molar-refractivity contribution is 6.50. The summed E-state index contributed by atoms with van der Waals surface area (Å²) in [5, 5.41) is 18.3. The van der Waals surface area contributed by atoms with Crippen LogP contribution >= 0.6 is 0 Å². The Labute approximate surface area is 112 Å². The Hall–Kier alpha value is -0.275. The smallest absolute Gasteiger partial charge is 0.423 e. The fourth-order valence-electron chi connectivity index (χ4n) is 3.89. The van der Waals surface area contributed by atoms with Gasteiger partial charge in [-0.15, -0.1) is 0 Å². The third-order valence-electron chi connectivity index (χ3n) is 5.07. The molecule has 0 spiro atoms. The zero-order valence-corrected chi connectivity index (χ0v) is 11.6. The SMILES string of the molecule is CCCC1CCC([C@@H]2CC=C(B(O)O)CC2)CC1. The van der Waals surface area contributed by atoms with Crippen LogP contribution in [0.2, 0.25) is 0 Å². The minimum Gasteiger partial charge on any atom is -0.423 e. The summed E-state index contributed by atoms with van der Waals surface area (Å²) in [5.41, 5.74) is 0.839. The molecule has 0 heterocycles. The van der Waals surface area contributed by atoms with Gasteiger partial charge in [0.1, 0.15) is 0 Å². The molecular weight excluding hydrogens is 223 g/mol. The van der Waals surface area contributed by atoms with Crippen LogP contribution in [0.25, 0.3) is 0 Å². The predicted octanol–water partition coefficient (Wildman–Crippen LogP) is 3.33. The molecule has 0 saturated heterocycles. The standard InChI is InChI=1S/C15H27BO2/c1-2-3-12-4-6-13(7-5-12)14-8-10-15(11-9-14)16(17)18/h10,12-14,17-18H,2-9,11H2,1H3/t12?,13?,14-/m1/s1. The number of rotatable bonds is 4. The first-order valence-corrected chi connectivity index (χ1v) is 7.75. The van der Waals surface area contributed by atoms with E-state index in [4.69, 9.17) is 10.0 Å². The molecule has 1 saturated carbocycles. The maximum Gasteiger partial charge on any atom is 0.483 e. The first kappa shape index (κ1) is 14.1. The average Bonchev–Trinajstić information content (AvgIpc) is 2.40. The molecule has 3 heteroatoms. The van der Waals surface area contributed by atoms with Crippen molar-refractivity contribution in [2.75, 3.05) is 0 Å². The van der Waals surface area contributed by atoms with E-state index in [1.807, 2.05) is 0 Å². The summed E-state index contributed by atoms with van der Waals surface area (Å²) in [5.74, 6) is 2.68. The van der Waals surface area contributed by atoms with Gasteiger partial charge in [0.2, 0.25) is 0 Å².